The molecule has 0 fully saturated rings. The van der Waals surface area contributed by atoms with E-state index in [1.807, 2.05) is 63.5 Å². The number of nitrogens with two attached hydrogens (primary N) is 1. The van der Waals surface area contributed by atoms with Gasteiger partial charge < -0.3 is 20.8 Å². The molecule has 4 heterocycles. The normalized spacial score (nSPS) is 11.6. The summed E-state index contributed by atoms with van der Waals surface area (Å²) in [5.74, 6) is 1.11. The highest BCUT2D eigenvalue weighted by molar-refractivity contribution is 6.26. The molecule has 0 aliphatic rings. The van der Waals surface area contributed by atoms with Crippen molar-refractivity contribution >= 4 is 55.9 Å². The molecule has 0 atom stereocenters. The number of rotatable bonds is 5. The molecule has 4 aromatic heterocycles. The fraction of sp³-hybridized carbons (Fsp3) is 0.148. The minimum atomic E-state index is -0.150. The summed E-state index contributed by atoms with van der Waals surface area (Å²) >= 11 is 0. The van der Waals surface area contributed by atoms with Crippen LogP contribution in [0.4, 0.5) is 17.3 Å². The maximum Gasteiger partial charge on any atom is 0.251 e. The van der Waals surface area contributed by atoms with Gasteiger partial charge in [0.15, 0.2) is 5.82 Å². The van der Waals surface area contributed by atoms with E-state index in [0.29, 0.717) is 17.9 Å². The number of anilines is 3. The number of aromatic nitrogens is 3. The predicted octanol–water partition coefficient (Wildman–Crippen LogP) is 5.18. The molecule has 2 bridgehead atoms. The van der Waals surface area contributed by atoms with Crippen molar-refractivity contribution in [1.82, 2.24) is 20.1 Å². The van der Waals surface area contributed by atoms with Crippen molar-refractivity contribution in [1.29, 1.82) is 0 Å². The molecule has 4 N–H and O–H groups in total. The monoisotopic (exact) mass is 464 g/mol. The Morgan fingerprint density at radius 3 is 2.49 bits per heavy atom. The highest BCUT2D eigenvalue weighted by atomic mass is 16.3. The number of nitrogens with zero attached hydrogens (tertiary/aromatic N) is 3. The number of amides is 1. The van der Waals surface area contributed by atoms with Gasteiger partial charge in [-0.1, -0.05) is 0 Å². The number of benzene rings is 3. The van der Waals surface area contributed by atoms with E-state index in [1.54, 1.807) is 4.68 Å². The molecule has 8 heteroatoms. The number of pyridine rings is 1. The van der Waals surface area contributed by atoms with Crippen LogP contribution in [0.1, 0.15) is 27.2 Å². The van der Waals surface area contributed by atoms with Crippen LogP contribution in [-0.2, 0) is 13.6 Å². The molecule has 0 spiro atoms. The van der Waals surface area contributed by atoms with Crippen molar-refractivity contribution in [3.63, 3.8) is 0 Å². The van der Waals surface area contributed by atoms with Crippen LogP contribution in [0.25, 0.3) is 32.7 Å². The molecule has 1 amide bonds. The van der Waals surface area contributed by atoms with Gasteiger partial charge in [-0.2, -0.15) is 5.10 Å². The van der Waals surface area contributed by atoms with Crippen molar-refractivity contribution in [3.8, 4) is 0 Å². The van der Waals surface area contributed by atoms with Gasteiger partial charge in [-0.25, -0.2) is 4.98 Å². The molecule has 6 rings (SSSR count). The fourth-order valence-electron chi connectivity index (χ4n) is 4.75. The second-order valence-corrected chi connectivity index (χ2v) is 8.89. The molecule has 174 valence electrons. The maximum atomic E-state index is 13.0. The Balaban J connectivity index is 1.31. The van der Waals surface area contributed by atoms with Crippen LogP contribution < -0.4 is 16.4 Å². The second kappa shape index (κ2) is 7.73. The topological polar surface area (TPSA) is 111 Å². The molecule has 0 radical (unpaired) electrons. The number of furan rings is 2. The number of hydrogen-bond acceptors (Lipinski definition) is 6. The van der Waals surface area contributed by atoms with E-state index >= 15 is 0 Å². The molecule has 6 aromatic rings. The van der Waals surface area contributed by atoms with Gasteiger partial charge in [-0.15, -0.1) is 0 Å². The van der Waals surface area contributed by atoms with Gasteiger partial charge in [0.1, 0.15) is 17.0 Å². The van der Waals surface area contributed by atoms with Gasteiger partial charge in [0.05, 0.1) is 0 Å². The van der Waals surface area contributed by atoms with E-state index in [0.717, 1.165) is 61.0 Å². The zero-order valence-electron chi connectivity index (χ0n) is 19.6. The number of carbonyl (C=O) groups excluding carboxylic acids is 1. The number of nitrogen functional groups attached to an aromatic ring is 1. The molecule has 0 saturated carbocycles. The van der Waals surface area contributed by atoms with Crippen LogP contribution in [0.15, 0.2) is 59.1 Å². The smallest absolute Gasteiger partial charge is 0.251 e. The van der Waals surface area contributed by atoms with Gasteiger partial charge in [0.2, 0.25) is 0 Å². The minimum Gasteiger partial charge on any atom is -0.455 e. The Hall–Kier alpha value is -4.59. The Kier molecular flexibility index (Phi) is 4.63. The van der Waals surface area contributed by atoms with Gasteiger partial charge in [0.25, 0.3) is 5.91 Å². The van der Waals surface area contributed by atoms with Gasteiger partial charge in [-0.3, -0.25) is 9.48 Å². The summed E-state index contributed by atoms with van der Waals surface area (Å²) < 4.78 is 7.91. The standard InChI is InChI=1S/C27H24N6O2/c1-14-10-23(28)30-15(2)22(14)13-29-27(34)16-4-6-18-20(11-16)26-21-12-17(5-7-19(21)25(18)35-26)31-24-8-9-33(3)32-24/h4-12H,13H2,1-3H3,(H2,28,30)(H,29,34)(H,31,32). The number of hydrogen-bond donors (Lipinski definition) is 3. The van der Waals surface area contributed by atoms with Gasteiger partial charge in [0, 0.05) is 64.3 Å². The predicted molar refractivity (Wildman–Crippen MR) is 138 cm³/mol. The number of carbonyl (C=O) groups is 1. The SMILES string of the molecule is Cc1cc(N)nc(C)c1CNC(=O)c1ccc2c(c1)c1oc2c2ccc(Nc3ccn(C)n3)cc21. The molecule has 0 aliphatic heterocycles. The van der Waals surface area contributed by atoms with E-state index < -0.39 is 0 Å². The minimum absolute atomic E-state index is 0.150. The summed E-state index contributed by atoms with van der Waals surface area (Å²) in [7, 11) is 1.88. The third-order valence-electron chi connectivity index (χ3n) is 6.47. The van der Waals surface area contributed by atoms with Gasteiger partial charge in [-0.05, 0) is 67.4 Å². The summed E-state index contributed by atoms with van der Waals surface area (Å²) in [6, 6.07) is 15.6. The van der Waals surface area contributed by atoms with E-state index in [4.69, 9.17) is 10.2 Å². The largest absolute Gasteiger partial charge is 0.455 e. The van der Waals surface area contributed by atoms with Crippen LogP contribution in [0.2, 0.25) is 0 Å². The first-order valence-corrected chi connectivity index (χ1v) is 11.4. The number of fused-ring (bicyclic) bond motifs is 8. The molecular formula is C27H24N6O2. The molecule has 8 nitrogen and oxygen atoms in total. The third kappa shape index (κ3) is 3.50. The third-order valence-corrected chi connectivity index (χ3v) is 6.47. The van der Waals surface area contributed by atoms with Crippen molar-refractivity contribution < 1.29 is 9.21 Å². The van der Waals surface area contributed by atoms with Crippen LogP contribution in [-0.4, -0.2) is 20.7 Å². The van der Waals surface area contributed by atoms with E-state index in [1.165, 1.54) is 0 Å². The van der Waals surface area contributed by atoms with Crippen LogP contribution in [0, 0.1) is 13.8 Å². The molecule has 0 saturated heterocycles. The quantitative estimate of drug-likeness (QED) is 0.303. The lowest BCUT2D eigenvalue weighted by atomic mass is 10.0. The first kappa shape index (κ1) is 21.0. The lowest BCUT2D eigenvalue weighted by Gasteiger charge is -2.11. The number of aryl methyl sites for hydroxylation is 3. The summed E-state index contributed by atoms with van der Waals surface area (Å²) in [5.41, 5.74) is 11.7. The van der Waals surface area contributed by atoms with Crippen molar-refractivity contribution in [2.45, 2.75) is 20.4 Å². The number of nitrogens with one attached hydrogen (secondary N) is 2. The lowest BCUT2D eigenvalue weighted by molar-refractivity contribution is 0.0951. The van der Waals surface area contributed by atoms with Crippen molar-refractivity contribution in [3.05, 3.63) is 77.1 Å². The fourth-order valence-corrected chi connectivity index (χ4v) is 4.75. The molecule has 35 heavy (non-hydrogen) atoms. The average Bonchev–Trinajstić information content (AvgIpc) is 3.51. The van der Waals surface area contributed by atoms with E-state index in [2.05, 4.69) is 32.8 Å². The summed E-state index contributed by atoms with van der Waals surface area (Å²) in [6.45, 7) is 4.26. The highest BCUT2D eigenvalue weighted by Crippen LogP contribution is 2.42. The zero-order valence-corrected chi connectivity index (χ0v) is 19.6. The van der Waals surface area contributed by atoms with Crippen LogP contribution in [0.5, 0.6) is 0 Å². The first-order chi connectivity index (χ1) is 16.9. The maximum absolute atomic E-state index is 13.0. The lowest BCUT2D eigenvalue weighted by Crippen LogP contribution is -2.24. The molecule has 0 unspecified atom stereocenters. The van der Waals surface area contributed by atoms with Gasteiger partial charge >= 0.3 is 0 Å². The van der Waals surface area contributed by atoms with E-state index in [9.17, 15) is 4.79 Å². The summed E-state index contributed by atoms with van der Waals surface area (Å²) in [5, 5.41) is 14.7. The Morgan fingerprint density at radius 2 is 1.74 bits per heavy atom. The van der Waals surface area contributed by atoms with Crippen molar-refractivity contribution in [2.75, 3.05) is 11.1 Å². The zero-order chi connectivity index (χ0) is 24.3. The molecule has 0 aliphatic carbocycles. The Labute approximate surface area is 201 Å². The van der Waals surface area contributed by atoms with E-state index in [-0.39, 0.29) is 5.91 Å². The molecule has 2 aromatic carbocycles. The molecular weight excluding hydrogens is 440 g/mol. The first-order valence-electron chi connectivity index (χ1n) is 11.4. The van der Waals surface area contributed by atoms with Crippen LogP contribution in [0.3, 0.4) is 0 Å². The Bertz CT molecular complexity index is 1720. The second-order valence-electron chi connectivity index (χ2n) is 8.89. The summed E-state index contributed by atoms with van der Waals surface area (Å²) in [6.07, 6.45) is 1.89. The van der Waals surface area contributed by atoms with Crippen LogP contribution >= 0.6 is 0 Å². The van der Waals surface area contributed by atoms with Crippen molar-refractivity contribution in [2.24, 2.45) is 7.05 Å². The summed E-state index contributed by atoms with van der Waals surface area (Å²) in [4.78, 5) is 17.3. The Morgan fingerprint density at radius 1 is 1.00 bits per heavy atom. The highest BCUT2D eigenvalue weighted by Gasteiger charge is 2.19. The average molecular weight is 465 g/mol.